The van der Waals surface area contributed by atoms with Gasteiger partial charge in [-0.1, -0.05) is 146 Å². The van der Waals surface area contributed by atoms with E-state index in [9.17, 15) is 0 Å². The minimum Gasteiger partial charge on any atom is -0.456 e. The van der Waals surface area contributed by atoms with Crippen LogP contribution in [0.15, 0.2) is 168 Å². The summed E-state index contributed by atoms with van der Waals surface area (Å²) in [5.74, 6) is 1.87. The first-order valence-electron chi connectivity index (χ1n) is 15.7. The van der Waals surface area contributed by atoms with Crippen LogP contribution in [0, 0.1) is 0 Å². The number of nitrogens with zero attached hydrogens (tertiary/aromatic N) is 3. The van der Waals surface area contributed by atoms with Gasteiger partial charge in [-0.2, -0.15) is 0 Å². The number of furan rings is 1. The molecule has 7 aromatic carbocycles. The molecule has 0 saturated heterocycles. The van der Waals surface area contributed by atoms with Crippen molar-refractivity contribution in [3.05, 3.63) is 164 Å². The van der Waals surface area contributed by atoms with Gasteiger partial charge < -0.3 is 4.42 Å². The minimum absolute atomic E-state index is 0.607. The van der Waals surface area contributed by atoms with Crippen LogP contribution in [0.5, 0.6) is 0 Å². The molecule has 47 heavy (non-hydrogen) atoms. The summed E-state index contributed by atoms with van der Waals surface area (Å²) < 4.78 is 6.49. The molecule has 0 saturated carbocycles. The SMILES string of the molecule is c1ccc(-c2ccc(-c3ccc4c(c3)oc3cccc(-c5nc(-c6ccccc6)nc(-c6cccc7ccccc67)n5)c34)cc2)cc1. The van der Waals surface area contributed by atoms with Crippen LogP contribution in [0.25, 0.3) is 89.1 Å². The van der Waals surface area contributed by atoms with Crippen LogP contribution < -0.4 is 0 Å². The molecule has 0 atom stereocenters. The Labute approximate surface area is 271 Å². The van der Waals surface area contributed by atoms with Crippen molar-refractivity contribution in [1.29, 1.82) is 0 Å². The molecule has 220 valence electrons. The molecule has 0 amide bonds. The topological polar surface area (TPSA) is 51.8 Å². The van der Waals surface area contributed by atoms with Gasteiger partial charge in [-0.3, -0.25) is 0 Å². The first-order chi connectivity index (χ1) is 23.3. The van der Waals surface area contributed by atoms with E-state index in [1.165, 1.54) is 11.1 Å². The van der Waals surface area contributed by atoms with E-state index in [2.05, 4.69) is 115 Å². The summed E-state index contributed by atoms with van der Waals surface area (Å²) >= 11 is 0. The highest BCUT2D eigenvalue weighted by molar-refractivity contribution is 6.12. The van der Waals surface area contributed by atoms with E-state index in [4.69, 9.17) is 19.4 Å². The maximum Gasteiger partial charge on any atom is 0.164 e. The molecule has 0 aliphatic carbocycles. The monoisotopic (exact) mass is 601 g/mol. The minimum atomic E-state index is 0.607. The summed E-state index contributed by atoms with van der Waals surface area (Å²) in [6, 6.07) is 56.3. The summed E-state index contributed by atoms with van der Waals surface area (Å²) in [5, 5.41) is 4.25. The zero-order valence-corrected chi connectivity index (χ0v) is 25.3. The number of benzene rings is 7. The smallest absolute Gasteiger partial charge is 0.164 e. The third kappa shape index (κ3) is 4.84. The number of hydrogen-bond donors (Lipinski definition) is 0. The van der Waals surface area contributed by atoms with E-state index in [1.807, 2.05) is 48.5 Å². The van der Waals surface area contributed by atoms with Gasteiger partial charge >= 0.3 is 0 Å². The second-order valence-electron chi connectivity index (χ2n) is 11.6. The summed E-state index contributed by atoms with van der Waals surface area (Å²) in [5.41, 5.74) is 9.06. The molecular weight excluding hydrogens is 574 g/mol. The summed E-state index contributed by atoms with van der Waals surface area (Å²) in [6.45, 7) is 0. The van der Waals surface area contributed by atoms with Gasteiger partial charge in [0.2, 0.25) is 0 Å². The van der Waals surface area contributed by atoms with Gasteiger partial charge in [-0.05, 0) is 51.2 Å². The van der Waals surface area contributed by atoms with Gasteiger partial charge in [0.1, 0.15) is 11.2 Å². The fraction of sp³-hybridized carbons (Fsp3) is 0. The zero-order valence-electron chi connectivity index (χ0n) is 25.3. The number of rotatable bonds is 5. The highest BCUT2D eigenvalue weighted by atomic mass is 16.3. The van der Waals surface area contributed by atoms with Crippen molar-refractivity contribution in [1.82, 2.24) is 15.0 Å². The summed E-state index contributed by atoms with van der Waals surface area (Å²) in [7, 11) is 0. The predicted molar refractivity (Wildman–Crippen MR) is 192 cm³/mol. The fourth-order valence-corrected chi connectivity index (χ4v) is 6.43. The Hall–Kier alpha value is -6.39. The molecule has 0 unspecified atom stereocenters. The third-order valence-corrected chi connectivity index (χ3v) is 8.76. The van der Waals surface area contributed by atoms with Crippen LogP contribution in [-0.2, 0) is 0 Å². The van der Waals surface area contributed by atoms with Crippen molar-refractivity contribution in [2.75, 3.05) is 0 Å². The largest absolute Gasteiger partial charge is 0.456 e. The molecule has 9 rings (SSSR count). The van der Waals surface area contributed by atoms with Crippen LogP contribution in [0.4, 0.5) is 0 Å². The molecule has 0 aliphatic heterocycles. The van der Waals surface area contributed by atoms with Crippen molar-refractivity contribution in [2.24, 2.45) is 0 Å². The van der Waals surface area contributed by atoms with Gasteiger partial charge in [0.25, 0.3) is 0 Å². The van der Waals surface area contributed by atoms with Crippen LogP contribution >= 0.6 is 0 Å². The van der Waals surface area contributed by atoms with Crippen LogP contribution in [0.1, 0.15) is 0 Å². The molecule has 0 fully saturated rings. The molecule has 0 aliphatic rings. The third-order valence-electron chi connectivity index (χ3n) is 8.76. The summed E-state index contributed by atoms with van der Waals surface area (Å²) in [4.78, 5) is 15.2. The molecule has 0 radical (unpaired) electrons. The predicted octanol–water partition coefficient (Wildman–Crippen LogP) is 11.3. The van der Waals surface area contributed by atoms with E-state index < -0.39 is 0 Å². The van der Waals surface area contributed by atoms with Crippen LogP contribution in [0.3, 0.4) is 0 Å². The van der Waals surface area contributed by atoms with Crippen LogP contribution in [-0.4, -0.2) is 15.0 Å². The standard InChI is InChI=1S/C43H27N3O/c1-3-11-28(12-4-1)29-21-23-30(24-22-29)33-25-26-36-39(27-33)47-38-20-10-19-37(40(36)38)43-45-41(32-14-5-2-6-15-32)44-42(46-43)35-18-9-16-31-13-7-8-17-34(31)35/h1-27H. The molecule has 4 heteroatoms. The van der Waals surface area contributed by atoms with Gasteiger partial charge in [0.15, 0.2) is 17.5 Å². The number of aromatic nitrogens is 3. The first-order valence-corrected chi connectivity index (χ1v) is 15.7. The van der Waals surface area contributed by atoms with Gasteiger partial charge in [-0.15, -0.1) is 0 Å². The van der Waals surface area contributed by atoms with Crippen LogP contribution in [0.2, 0.25) is 0 Å². The average molecular weight is 602 g/mol. The Balaban J connectivity index is 1.19. The molecule has 0 bridgehead atoms. The molecule has 0 spiro atoms. The van der Waals surface area contributed by atoms with Crippen molar-refractivity contribution in [2.45, 2.75) is 0 Å². The normalized spacial score (nSPS) is 11.4. The van der Waals surface area contributed by atoms with E-state index in [0.29, 0.717) is 17.5 Å². The zero-order chi connectivity index (χ0) is 31.2. The lowest BCUT2D eigenvalue weighted by Gasteiger charge is -2.11. The van der Waals surface area contributed by atoms with Crippen molar-refractivity contribution >= 4 is 32.7 Å². The Morgan fingerprint density at radius 2 is 0.894 bits per heavy atom. The highest BCUT2D eigenvalue weighted by Gasteiger charge is 2.19. The van der Waals surface area contributed by atoms with Crippen molar-refractivity contribution < 1.29 is 4.42 Å². The molecule has 2 heterocycles. The quantitative estimate of drug-likeness (QED) is 0.197. The number of hydrogen-bond acceptors (Lipinski definition) is 4. The molecule has 9 aromatic rings. The van der Waals surface area contributed by atoms with E-state index in [-0.39, 0.29) is 0 Å². The fourth-order valence-electron chi connectivity index (χ4n) is 6.43. The first kappa shape index (κ1) is 27.0. The Bertz CT molecular complexity index is 2550. The Morgan fingerprint density at radius 1 is 0.340 bits per heavy atom. The average Bonchev–Trinajstić information content (AvgIpc) is 3.53. The van der Waals surface area contributed by atoms with E-state index in [0.717, 1.165) is 60.5 Å². The number of fused-ring (bicyclic) bond motifs is 4. The lowest BCUT2D eigenvalue weighted by atomic mass is 9.99. The Morgan fingerprint density at radius 3 is 1.68 bits per heavy atom. The lowest BCUT2D eigenvalue weighted by Crippen LogP contribution is -2.00. The van der Waals surface area contributed by atoms with E-state index >= 15 is 0 Å². The maximum absolute atomic E-state index is 6.49. The molecule has 2 aromatic heterocycles. The lowest BCUT2D eigenvalue weighted by molar-refractivity contribution is 0.669. The maximum atomic E-state index is 6.49. The van der Waals surface area contributed by atoms with Gasteiger partial charge in [0, 0.05) is 27.5 Å². The van der Waals surface area contributed by atoms with E-state index in [1.54, 1.807) is 0 Å². The molecular formula is C43H27N3O. The van der Waals surface area contributed by atoms with Gasteiger partial charge in [0.05, 0.1) is 0 Å². The second-order valence-corrected chi connectivity index (χ2v) is 11.6. The second kappa shape index (κ2) is 11.2. The van der Waals surface area contributed by atoms with Crippen molar-refractivity contribution in [3.63, 3.8) is 0 Å². The molecule has 0 N–H and O–H groups in total. The molecule has 4 nitrogen and oxygen atoms in total. The van der Waals surface area contributed by atoms with Crippen molar-refractivity contribution in [3.8, 4) is 56.4 Å². The highest BCUT2D eigenvalue weighted by Crippen LogP contribution is 2.39. The summed E-state index contributed by atoms with van der Waals surface area (Å²) in [6.07, 6.45) is 0. The van der Waals surface area contributed by atoms with Gasteiger partial charge in [-0.25, -0.2) is 15.0 Å². The Kier molecular flexibility index (Phi) is 6.43.